The Hall–Kier alpha value is -0.355. The molecule has 5 heteroatoms. The summed E-state index contributed by atoms with van der Waals surface area (Å²) in [6.45, 7) is 12.6. The lowest BCUT2D eigenvalue weighted by Gasteiger charge is -2.32. The average molecular weight is 254 g/mol. The molecule has 102 valence electrons. The zero-order valence-corrected chi connectivity index (χ0v) is 12.1. The van der Waals surface area contributed by atoms with Crippen LogP contribution in [0.15, 0.2) is 12.1 Å². The highest BCUT2D eigenvalue weighted by Crippen LogP contribution is 2.37. The van der Waals surface area contributed by atoms with E-state index in [4.69, 9.17) is 18.8 Å². The molecule has 18 heavy (non-hydrogen) atoms. The summed E-state index contributed by atoms with van der Waals surface area (Å²) >= 11 is 0. The van der Waals surface area contributed by atoms with E-state index in [-0.39, 0.29) is 24.4 Å². The highest BCUT2D eigenvalue weighted by Gasteiger charge is 2.50. The maximum Gasteiger partial charge on any atom is 0.486 e. The summed E-state index contributed by atoms with van der Waals surface area (Å²) in [5, 5.41) is 0. The summed E-state index contributed by atoms with van der Waals surface area (Å²) in [7, 11) is -0.317. The molecule has 2 rings (SSSR count). The van der Waals surface area contributed by atoms with Gasteiger partial charge in [-0.15, -0.1) is 0 Å². The van der Waals surface area contributed by atoms with Crippen molar-refractivity contribution in [3.05, 3.63) is 12.1 Å². The van der Waals surface area contributed by atoms with E-state index in [0.717, 1.165) is 0 Å². The van der Waals surface area contributed by atoms with Crippen LogP contribution in [0.4, 0.5) is 0 Å². The first kappa shape index (κ1) is 14.1. The van der Waals surface area contributed by atoms with Gasteiger partial charge in [-0.05, 0) is 41.5 Å². The van der Waals surface area contributed by atoms with E-state index in [1.54, 1.807) is 0 Å². The lowest BCUT2D eigenvalue weighted by atomic mass is 9.89. The fourth-order valence-electron chi connectivity index (χ4n) is 1.99. The molecule has 0 aromatic carbocycles. The molecule has 0 N–H and O–H groups in total. The fourth-order valence-corrected chi connectivity index (χ4v) is 1.99. The lowest BCUT2D eigenvalue weighted by Crippen LogP contribution is -2.41. The first-order valence-electron chi connectivity index (χ1n) is 6.47. The third kappa shape index (κ3) is 2.80. The number of hydrogen-bond donors (Lipinski definition) is 0. The van der Waals surface area contributed by atoms with Gasteiger partial charge in [-0.25, -0.2) is 0 Å². The number of ether oxygens (including phenoxy) is 2. The summed E-state index contributed by atoms with van der Waals surface area (Å²) in [4.78, 5) is 0. The van der Waals surface area contributed by atoms with Crippen LogP contribution in [0.1, 0.15) is 41.5 Å². The maximum absolute atomic E-state index is 5.87. The molecule has 0 saturated carbocycles. The van der Waals surface area contributed by atoms with Crippen molar-refractivity contribution in [3.8, 4) is 0 Å². The first-order valence-corrected chi connectivity index (χ1v) is 6.47. The molecule has 1 unspecified atom stereocenters. The largest absolute Gasteiger partial charge is 0.486 e. The van der Waals surface area contributed by atoms with Gasteiger partial charge in [-0.3, -0.25) is 0 Å². The van der Waals surface area contributed by atoms with Crippen molar-refractivity contribution in [1.82, 2.24) is 0 Å². The molecule has 4 nitrogen and oxygen atoms in total. The molecule has 2 fully saturated rings. The minimum atomic E-state index is -0.495. The Kier molecular flexibility index (Phi) is 3.39. The molecule has 0 radical (unpaired) electrons. The van der Waals surface area contributed by atoms with Crippen molar-refractivity contribution in [2.45, 2.75) is 64.6 Å². The van der Waals surface area contributed by atoms with Crippen LogP contribution >= 0.6 is 0 Å². The lowest BCUT2D eigenvalue weighted by molar-refractivity contribution is -0.133. The molecular formula is C13H23BO4. The molecule has 0 aliphatic carbocycles. The van der Waals surface area contributed by atoms with Gasteiger partial charge in [0.2, 0.25) is 0 Å². The van der Waals surface area contributed by atoms with Crippen molar-refractivity contribution in [3.63, 3.8) is 0 Å². The van der Waals surface area contributed by atoms with Gasteiger partial charge in [0.15, 0.2) is 5.79 Å². The molecule has 0 aromatic rings. The predicted octanol–water partition coefficient (Wildman–Crippen LogP) is 2.33. The van der Waals surface area contributed by atoms with Gasteiger partial charge in [0.25, 0.3) is 0 Å². The van der Waals surface area contributed by atoms with Gasteiger partial charge in [0, 0.05) is 0 Å². The molecular weight excluding hydrogens is 231 g/mol. The smallest absolute Gasteiger partial charge is 0.400 e. The Bertz CT molecular complexity index is 333. The van der Waals surface area contributed by atoms with Crippen molar-refractivity contribution in [2.24, 2.45) is 0 Å². The Morgan fingerprint density at radius 1 is 1.00 bits per heavy atom. The number of rotatable bonds is 2. The first-order chi connectivity index (χ1) is 8.11. The quantitative estimate of drug-likeness (QED) is 0.709. The zero-order valence-electron chi connectivity index (χ0n) is 12.1. The van der Waals surface area contributed by atoms with E-state index in [2.05, 4.69) is 0 Å². The van der Waals surface area contributed by atoms with Gasteiger partial charge in [0.1, 0.15) is 6.10 Å². The Balaban J connectivity index is 1.93. The van der Waals surface area contributed by atoms with Crippen LogP contribution in [0.2, 0.25) is 0 Å². The zero-order chi connectivity index (χ0) is 13.6. The third-order valence-corrected chi connectivity index (χ3v) is 3.78. The van der Waals surface area contributed by atoms with Gasteiger partial charge >= 0.3 is 7.12 Å². The van der Waals surface area contributed by atoms with Gasteiger partial charge in [0.05, 0.1) is 17.8 Å². The van der Waals surface area contributed by atoms with Crippen LogP contribution in [-0.2, 0) is 18.8 Å². The fraction of sp³-hybridized carbons (Fsp3) is 0.846. The second kappa shape index (κ2) is 4.34. The van der Waals surface area contributed by atoms with Crippen molar-refractivity contribution >= 4 is 7.12 Å². The van der Waals surface area contributed by atoms with Crippen molar-refractivity contribution in [2.75, 3.05) is 6.61 Å². The SMILES string of the molecule is CC1(C)OCC(C=CB2OC(C)(C)C(C)(C)O2)O1. The standard InChI is InChI=1S/C13H23BO4/c1-11(2)12(3,4)18-14(17-11)8-7-10-9-15-13(5,6)16-10/h7-8,10H,9H2,1-6H3. The van der Waals surface area contributed by atoms with Crippen LogP contribution in [0.5, 0.6) is 0 Å². The van der Waals surface area contributed by atoms with Crippen molar-refractivity contribution < 1.29 is 18.8 Å². The van der Waals surface area contributed by atoms with E-state index in [9.17, 15) is 0 Å². The molecule has 0 bridgehead atoms. The average Bonchev–Trinajstić information content (AvgIpc) is 2.62. The second-order valence-electron chi connectivity index (χ2n) is 6.38. The summed E-state index contributed by atoms with van der Waals surface area (Å²) in [5.74, 6) is 1.41. The van der Waals surface area contributed by atoms with Crippen LogP contribution in [0, 0.1) is 0 Å². The van der Waals surface area contributed by atoms with Crippen LogP contribution in [0.3, 0.4) is 0 Å². The minimum absolute atomic E-state index is 0.0287. The van der Waals surface area contributed by atoms with E-state index >= 15 is 0 Å². The summed E-state index contributed by atoms with van der Waals surface area (Å²) in [5.41, 5.74) is -0.595. The Morgan fingerprint density at radius 3 is 2.00 bits per heavy atom. The second-order valence-corrected chi connectivity index (χ2v) is 6.38. The summed E-state index contributed by atoms with van der Waals surface area (Å²) < 4.78 is 22.9. The van der Waals surface area contributed by atoms with Gasteiger partial charge in [-0.1, -0.05) is 12.1 Å². The van der Waals surface area contributed by atoms with Gasteiger partial charge in [-0.2, -0.15) is 0 Å². The monoisotopic (exact) mass is 254 g/mol. The molecule has 2 aliphatic heterocycles. The summed E-state index contributed by atoms with van der Waals surface area (Å²) in [6.07, 6.45) is 1.93. The molecule has 2 saturated heterocycles. The Morgan fingerprint density at radius 2 is 1.56 bits per heavy atom. The van der Waals surface area contributed by atoms with E-state index in [1.165, 1.54) is 0 Å². The highest BCUT2D eigenvalue weighted by atomic mass is 16.7. The van der Waals surface area contributed by atoms with Crippen LogP contribution in [-0.4, -0.2) is 36.8 Å². The Labute approximate surface area is 110 Å². The normalized spacial score (nSPS) is 33.4. The van der Waals surface area contributed by atoms with Crippen LogP contribution in [0.25, 0.3) is 0 Å². The maximum atomic E-state index is 5.87. The molecule has 0 spiro atoms. The minimum Gasteiger partial charge on any atom is -0.400 e. The van der Waals surface area contributed by atoms with Gasteiger partial charge < -0.3 is 18.8 Å². The van der Waals surface area contributed by atoms with E-state index in [0.29, 0.717) is 6.61 Å². The molecule has 2 aliphatic rings. The molecule has 0 aromatic heterocycles. The number of hydrogen-bond acceptors (Lipinski definition) is 4. The van der Waals surface area contributed by atoms with Crippen LogP contribution < -0.4 is 0 Å². The third-order valence-electron chi connectivity index (χ3n) is 3.78. The summed E-state index contributed by atoms with van der Waals surface area (Å²) in [6, 6.07) is 0. The predicted molar refractivity (Wildman–Crippen MR) is 70.1 cm³/mol. The highest BCUT2D eigenvalue weighted by molar-refractivity contribution is 6.51. The van der Waals surface area contributed by atoms with E-state index in [1.807, 2.05) is 53.6 Å². The topological polar surface area (TPSA) is 36.9 Å². The molecule has 2 heterocycles. The van der Waals surface area contributed by atoms with E-state index < -0.39 is 5.79 Å². The molecule has 0 amide bonds. The van der Waals surface area contributed by atoms with Crippen molar-refractivity contribution in [1.29, 1.82) is 0 Å². The molecule has 1 atom stereocenters.